The van der Waals surface area contributed by atoms with Crippen molar-refractivity contribution in [2.75, 3.05) is 93.9 Å². The minimum Gasteiger partial charge on any atom is -1.00 e. The summed E-state index contributed by atoms with van der Waals surface area (Å²) < 4.78 is 85.6. The van der Waals surface area contributed by atoms with Crippen LogP contribution in [-0.4, -0.2) is 134 Å². The number of nitrogens with zero attached hydrogens (tertiary/aromatic N) is 8. The van der Waals surface area contributed by atoms with Crippen LogP contribution in [0.2, 0.25) is 0 Å². The van der Waals surface area contributed by atoms with Crippen LogP contribution < -0.4 is 74.9 Å². The smallest absolute Gasteiger partial charge is 1.00 e. The molecule has 2 amide bonds. The number of rotatable bonds is 12. The predicted molar refractivity (Wildman–Crippen MR) is 294 cm³/mol. The molecule has 30 heteroatoms. The van der Waals surface area contributed by atoms with Gasteiger partial charge in [-0.15, -0.1) is 0 Å². The molecule has 6 N–H and O–H groups in total. The first-order chi connectivity index (χ1) is 33.1. The fourth-order valence-electron chi connectivity index (χ4n) is 5.81. The monoisotopic (exact) mass is 1210 g/mol. The van der Waals surface area contributed by atoms with Gasteiger partial charge in [0.2, 0.25) is 41.9 Å². The summed E-state index contributed by atoms with van der Waals surface area (Å²) in [5.41, 5.74) is 8.39. The molecule has 0 aliphatic carbocycles. The number of sulfonamides is 3. The number of carbonyl (C=O) groups excluding carboxylic acids is 2. The van der Waals surface area contributed by atoms with Crippen molar-refractivity contribution in [3.8, 4) is 11.1 Å². The molecule has 0 radical (unpaired) electrons. The average Bonchev–Trinajstić information content (AvgIpc) is 3.51. The van der Waals surface area contributed by atoms with E-state index in [1.54, 1.807) is 75.3 Å². The number of halogens is 2. The van der Waals surface area contributed by atoms with Gasteiger partial charge in [0.25, 0.3) is 0 Å². The molecule has 6 heterocycles. The standard InChI is InChI=1S/C15H19N5O3S.C13H19BN2O3.C8H12BrN3O2S.C7H10BrN3O2S.Na.H/c1-10(21)19-14-8-11(5-6-17-14)12-7-13(15(16-2)18-9-12)20(3)24(4,22)23;1-9(17)16-11-8-10(6-7-15-11)14-18-12(2,3)13(4,5)19-14;1-10-8-7(4-6(9)5-11-8)12(2)15(3,13)14;1-11(14(2,12)13)6-3-5(8)4-10-7(6)9;;/h5-9H,1-4H3,(H,16,18)(H,17,19,21);6-8H,1-5H3,(H,15,16,17);4-5H,1-3H3,(H,10,11);3-4H,1-2H3,(H2,9,10);;/q;;;;+1;-1. The second-order valence-electron chi connectivity index (χ2n) is 16.7. The third kappa shape index (κ3) is 18.9. The molecule has 1 fully saturated rings. The van der Waals surface area contributed by atoms with Crippen LogP contribution in [-0.2, 0) is 49.0 Å². The van der Waals surface area contributed by atoms with Crippen molar-refractivity contribution in [2.45, 2.75) is 52.7 Å². The predicted octanol–water partition coefficient (Wildman–Crippen LogP) is 2.10. The van der Waals surface area contributed by atoms with Gasteiger partial charge in [0, 0.05) is 94.6 Å². The van der Waals surface area contributed by atoms with Gasteiger partial charge in [-0.3, -0.25) is 22.5 Å². The maximum Gasteiger partial charge on any atom is 1.00 e. The van der Waals surface area contributed by atoms with E-state index in [-0.39, 0.29) is 59.8 Å². The topological polar surface area (TPSA) is 303 Å². The molecule has 394 valence electrons. The number of pyridine rings is 5. The molecule has 1 aliphatic rings. The Labute approximate surface area is 469 Å². The molecule has 1 aliphatic heterocycles. The molecule has 1 saturated heterocycles. The molecule has 0 saturated carbocycles. The number of nitrogens with one attached hydrogen (secondary N) is 4. The van der Waals surface area contributed by atoms with Gasteiger partial charge in [-0.05, 0) is 113 Å². The molecule has 5 aromatic rings. The SMILES string of the molecule is CC(=O)Nc1cc(B2OC(C)(C)C(C)(C)O2)ccn1.CN(c1cc(Br)cnc1N)S(C)(=O)=O.CNc1ncc(-c2ccnc(NC(C)=O)c2)cc1N(C)S(C)(=O)=O.CNc1ncc(Br)cc1N(C)S(C)(=O)=O.[H-].[Na+]. The summed E-state index contributed by atoms with van der Waals surface area (Å²) in [6.45, 7) is 10.9. The second-order valence-corrected chi connectivity index (χ2v) is 24.6. The van der Waals surface area contributed by atoms with Gasteiger partial charge in [0.05, 0.1) is 47.0 Å². The molecule has 0 atom stereocenters. The van der Waals surface area contributed by atoms with Gasteiger partial charge >= 0.3 is 36.7 Å². The van der Waals surface area contributed by atoms with E-state index >= 15 is 0 Å². The molecule has 0 aromatic carbocycles. The summed E-state index contributed by atoms with van der Waals surface area (Å²) in [6, 6.07) is 12.1. The van der Waals surface area contributed by atoms with Gasteiger partial charge in [-0.25, -0.2) is 50.2 Å². The van der Waals surface area contributed by atoms with Crippen LogP contribution in [0.15, 0.2) is 82.4 Å². The van der Waals surface area contributed by atoms with Gasteiger partial charge in [-0.1, -0.05) is 0 Å². The largest absolute Gasteiger partial charge is 1.00 e. The number of amides is 2. The van der Waals surface area contributed by atoms with Gasteiger partial charge in [0.15, 0.2) is 0 Å². The van der Waals surface area contributed by atoms with E-state index < -0.39 is 37.2 Å². The van der Waals surface area contributed by atoms with E-state index in [4.69, 9.17) is 15.0 Å². The van der Waals surface area contributed by atoms with Crippen LogP contribution in [0.3, 0.4) is 0 Å². The Kier molecular flexibility index (Phi) is 23.5. The summed E-state index contributed by atoms with van der Waals surface area (Å²) in [5.74, 6) is 1.69. The van der Waals surface area contributed by atoms with Crippen molar-refractivity contribution >= 4 is 132 Å². The molecule has 0 bridgehead atoms. The Balaban J connectivity index is 0.000000500. The van der Waals surface area contributed by atoms with E-state index in [2.05, 4.69) is 78.0 Å². The Bertz CT molecular complexity index is 3090. The number of nitrogens with two attached hydrogens (primary N) is 1. The number of anilines is 8. The van der Waals surface area contributed by atoms with E-state index in [1.165, 1.54) is 45.5 Å². The molecule has 23 nitrogen and oxygen atoms in total. The molecule has 0 unspecified atom stereocenters. The Hall–Kier alpha value is -4.72. The number of hydrogen-bond donors (Lipinski definition) is 5. The number of nitrogen functional groups attached to an aromatic ring is 1. The fourth-order valence-corrected chi connectivity index (χ4v) is 7.95. The Morgan fingerprint density at radius 1 is 0.616 bits per heavy atom. The first-order valence-electron chi connectivity index (χ1n) is 21.2. The molecular weight excluding hydrogens is 1150 g/mol. The zero-order valence-electron chi connectivity index (χ0n) is 44.2. The first-order valence-corrected chi connectivity index (χ1v) is 28.3. The van der Waals surface area contributed by atoms with Gasteiger partial charge < -0.3 is 37.7 Å². The number of carbonyl (C=O) groups is 2. The van der Waals surface area contributed by atoms with Crippen LogP contribution in [0.4, 0.5) is 46.2 Å². The van der Waals surface area contributed by atoms with Crippen LogP contribution in [0.25, 0.3) is 11.1 Å². The van der Waals surface area contributed by atoms with E-state index in [1.807, 2.05) is 33.8 Å². The molecule has 73 heavy (non-hydrogen) atoms. The van der Waals surface area contributed by atoms with Gasteiger partial charge in [0.1, 0.15) is 29.1 Å². The maximum atomic E-state index is 11.8. The summed E-state index contributed by atoms with van der Waals surface area (Å²) in [5, 5.41) is 11.0. The third-order valence-electron chi connectivity index (χ3n) is 10.6. The fraction of sp³-hybridized carbons (Fsp3) is 0.372. The number of hydrogen-bond acceptors (Lipinski definition) is 18. The third-order valence-corrected chi connectivity index (χ3v) is 15.0. The van der Waals surface area contributed by atoms with Crippen molar-refractivity contribution in [1.82, 2.24) is 24.9 Å². The minimum absolute atomic E-state index is 0. The van der Waals surface area contributed by atoms with Crippen molar-refractivity contribution in [1.29, 1.82) is 0 Å². The van der Waals surface area contributed by atoms with Crippen molar-refractivity contribution in [3.63, 3.8) is 0 Å². The zero-order valence-corrected chi connectivity index (χ0v) is 50.8. The summed E-state index contributed by atoms with van der Waals surface area (Å²) in [4.78, 5) is 42.5. The van der Waals surface area contributed by atoms with Gasteiger partial charge in [-0.2, -0.15) is 0 Å². The number of aromatic nitrogens is 5. The van der Waals surface area contributed by atoms with Crippen molar-refractivity contribution in [3.05, 3.63) is 82.4 Å². The maximum absolute atomic E-state index is 11.8. The Morgan fingerprint density at radius 3 is 1.47 bits per heavy atom. The quantitative estimate of drug-likeness (QED) is 0.112. The Morgan fingerprint density at radius 2 is 1.01 bits per heavy atom. The molecular formula is C43H61BBr2N13NaO10S3. The van der Waals surface area contributed by atoms with Crippen LogP contribution in [0.5, 0.6) is 0 Å². The van der Waals surface area contributed by atoms with Crippen molar-refractivity contribution in [2.24, 2.45) is 0 Å². The summed E-state index contributed by atoms with van der Waals surface area (Å²) in [7, 11) is -2.71. The normalized spacial score (nSPS) is 13.4. The average molecular weight is 1210 g/mol. The van der Waals surface area contributed by atoms with Crippen LogP contribution in [0.1, 0.15) is 43.0 Å². The van der Waals surface area contributed by atoms with E-state index in [0.717, 1.165) is 42.9 Å². The summed E-state index contributed by atoms with van der Waals surface area (Å²) in [6.07, 6.45) is 11.3. The van der Waals surface area contributed by atoms with Crippen LogP contribution >= 0.6 is 31.9 Å². The molecule has 6 rings (SSSR count). The van der Waals surface area contributed by atoms with E-state index in [0.29, 0.717) is 50.4 Å². The van der Waals surface area contributed by atoms with Crippen molar-refractivity contribution < 1.29 is 75.1 Å². The minimum atomic E-state index is -3.43. The molecule has 5 aromatic heterocycles. The zero-order chi connectivity index (χ0) is 54.7. The van der Waals surface area contributed by atoms with Crippen LogP contribution in [0, 0.1) is 0 Å². The first kappa shape index (κ1) is 64.4. The summed E-state index contributed by atoms with van der Waals surface area (Å²) >= 11 is 6.44. The second kappa shape index (κ2) is 26.7. The molecule has 0 spiro atoms. The van der Waals surface area contributed by atoms with E-state index in [9.17, 15) is 34.8 Å².